The summed E-state index contributed by atoms with van der Waals surface area (Å²) in [7, 11) is 0. The van der Waals surface area contributed by atoms with E-state index in [9.17, 15) is 4.79 Å². The highest BCUT2D eigenvalue weighted by atomic mass is 16.5. The number of aliphatic carboxylic acids is 1. The van der Waals surface area contributed by atoms with Gasteiger partial charge in [0.05, 0.1) is 5.69 Å². The van der Waals surface area contributed by atoms with Gasteiger partial charge in [0.2, 0.25) is 5.88 Å². The van der Waals surface area contributed by atoms with E-state index in [0.29, 0.717) is 5.52 Å². The van der Waals surface area contributed by atoms with E-state index in [2.05, 4.69) is 10.1 Å². The summed E-state index contributed by atoms with van der Waals surface area (Å²) in [5, 5.41) is 12.9. The van der Waals surface area contributed by atoms with Crippen LogP contribution >= 0.6 is 0 Å². The van der Waals surface area contributed by atoms with Gasteiger partial charge in [-0.05, 0) is 19.9 Å². The van der Waals surface area contributed by atoms with Crippen molar-refractivity contribution in [3.63, 3.8) is 0 Å². The minimum atomic E-state index is -1.03. The molecule has 0 spiro atoms. The molecular formula is C10H11N3O3. The molecule has 0 fully saturated rings. The number of carboxylic acid groups (broad SMARTS) is 1. The number of aromatic nitrogens is 3. The zero-order valence-corrected chi connectivity index (χ0v) is 8.91. The van der Waals surface area contributed by atoms with E-state index in [4.69, 9.17) is 9.84 Å². The lowest BCUT2D eigenvalue weighted by molar-refractivity contribution is -0.144. The van der Waals surface area contributed by atoms with E-state index >= 15 is 0 Å². The number of hydrogen-bond acceptors (Lipinski definition) is 4. The number of carboxylic acids is 1. The van der Waals surface area contributed by atoms with Crippen molar-refractivity contribution in [2.75, 3.05) is 0 Å². The van der Waals surface area contributed by atoms with E-state index in [-0.39, 0.29) is 5.88 Å². The maximum absolute atomic E-state index is 10.7. The number of aryl methyl sites for hydroxylation is 1. The van der Waals surface area contributed by atoms with Crippen molar-refractivity contribution in [1.82, 2.24) is 14.6 Å². The van der Waals surface area contributed by atoms with Crippen LogP contribution in [-0.4, -0.2) is 31.8 Å². The van der Waals surface area contributed by atoms with Crippen LogP contribution in [0.15, 0.2) is 18.5 Å². The van der Waals surface area contributed by atoms with Gasteiger partial charge in [-0.2, -0.15) is 5.10 Å². The second-order valence-electron chi connectivity index (χ2n) is 3.45. The molecule has 2 aromatic rings. The molecule has 1 N–H and O–H groups in total. The molecule has 2 aromatic heterocycles. The van der Waals surface area contributed by atoms with Gasteiger partial charge in [0.1, 0.15) is 5.52 Å². The lowest BCUT2D eigenvalue weighted by Crippen LogP contribution is -2.23. The molecule has 84 valence electrons. The Kier molecular flexibility index (Phi) is 2.47. The summed E-state index contributed by atoms with van der Waals surface area (Å²) in [4.78, 5) is 14.7. The minimum Gasteiger partial charge on any atom is -0.479 e. The summed E-state index contributed by atoms with van der Waals surface area (Å²) in [5.41, 5.74) is 1.48. The zero-order valence-electron chi connectivity index (χ0n) is 8.91. The van der Waals surface area contributed by atoms with Crippen molar-refractivity contribution >= 4 is 11.5 Å². The summed E-state index contributed by atoms with van der Waals surface area (Å²) in [5.74, 6) is -0.752. The molecule has 16 heavy (non-hydrogen) atoms. The second-order valence-corrected chi connectivity index (χ2v) is 3.45. The van der Waals surface area contributed by atoms with Crippen molar-refractivity contribution in [2.24, 2.45) is 0 Å². The largest absolute Gasteiger partial charge is 0.479 e. The van der Waals surface area contributed by atoms with E-state index in [0.717, 1.165) is 5.69 Å². The van der Waals surface area contributed by atoms with Crippen molar-refractivity contribution in [2.45, 2.75) is 20.0 Å². The molecule has 2 rings (SSSR count). The fourth-order valence-corrected chi connectivity index (χ4v) is 1.33. The second kappa shape index (κ2) is 3.80. The molecule has 0 aliphatic rings. The molecule has 0 saturated carbocycles. The van der Waals surface area contributed by atoms with Gasteiger partial charge in [-0.25, -0.2) is 14.3 Å². The van der Waals surface area contributed by atoms with Crippen molar-refractivity contribution < 1.29 is 14.6 Å². The van der Waals surface area contributed by atoms with E-state index in [1.807, 2.05) is 6.92 Å². The topological polar surface area (TPSA) is 76.7 Å². The summed E-state index contributed by atoms with van der Waals surface area (Å²) >= 11 is 0. The highest BCUT2D eigenvalue weighted by molar-refractivity contribution is 5.72. The van der Waals surface area contributed by atoms with Gasteiger partial charge >= 0.3 is 5.97 Å². The SMILES string of the molecule is Cc1cc2c(OC(C)C(=O)O)nccn2n1. The van der Waals surface area contributed by atoms with Crippen molar-refractivity contribution in [1.29, 1.82) is 0 Å². The van der Waals surface area contributed by atoms with Gasteiger partial charge in [-0.3, -0.25) is 0 Å². The van der Waals surface area contributed by atoms with E-state index < -0.39 is 12.1 Å². The molecule has 0 aliphatic carbocycles. The normalized spacial score (nSPS) is 12.6. The first-order valence-corrected chi connectivity index (χ1v) is 4.78. The maximum atomic E-state index is 10.7. The van der Waals surface area contributed by atoms with Crippen LogP contribution in [0.5, 0.6) is 5.88 Å². The molecule has 0 aromatic carbocycles. The van der Waals surface area contributed by atoms with Gasteiger partial charge in [0.15, 0.2) is 6.10 Å². The Hall–Kier alpha value is -2.11. The molecule has 6 nitrogen and oxygen atoms in total. The van der Waals surface area contributed by atoms with Crippen LogP contribution in [0, 0.1) is 6.92 Å². The fraction of sp³-hybridized carbons (Fsp3) is 0.300. The predicted molar refractivity (Wildman–Crippen MR) is 55.4 cm³/mol. The van der Waals surface area contributed by atoms with Crippen molar-refractivity contribution in [3.8, 4) is 5.88 Å². The maximum Gasteiger partial charge on any atom is 0.344 e. The van der Waals surface area contributed by atoms with Gasteiger partial charge < -0.3 is 9.84 Å². The Labute approximate surface area is 91.5 Å². The Morgan fingerprint density at radius 3 is 3.06 bits per heavy atom. The Bertz CT molecular complexity index is 535. The summed E-state index contributed by atoms with van der Waals surface area (Å²) in [6.07, 6.45) is 2.26. The van der Waals surface area contributed by atoms with Crippen LogP contribution in [-0.2, 0) is 4.79 Å². The fourth-order valence-electron chi connectivity index (χ4n) is 1.33. The monoisotopic (exact) mass is 221 g/mol. The van der Waals surface area contributed by atoms with E-state index in [1.165, 1.54) is 13.1 Å². The first-order valence-electron chi connectivity index (χ1n) is 4.78. The molecule has 6 heteroatoms. The third-order valence-electron chi connectivity index (χ3n) is 2.11. The summed E-state index contributed by atoms with van der Waals surface area (Å²) in [6.45, 7) is 3.30. The molecule has 1 atom stereocenters. The lowest BCUT2D eigenvalue weighted by Gasteiger charge is -2.09. The highest BCUT2D eigenvalue weighted by Gasteiger charge is 2.15. The number of hydrogen-bond donors (Lipinski definition) is 1. The predicted octanol–water partition coefficient (Wildman–Crippen LogP) is 0.890. The van der Waals surface area contributed by atoms with Gasteiger partial charge in [-0.1, -0.05) is 0 Å². The Balaban J connectivity index is 2.40. The third-order valence-corrected chi connectivity index (χ3v) is 2.11. The van der Waals surface area contributed by atoms with Crippen molar-refractivity contribution in [3.05, 3.63) is 24.2 Å². The first kappa shape index (κ1) is 10.4. The molecule has 0 saturated heterocycles. The van der Waals surface area contributed by atoms with Gasteiger partial charge in [0, 0.05) is 12.4 Å². The average Bonchev–Trinajstić information content (AvgIpc) is 2.59. The number of fused-ring (bicyclic) bond motifs is 1. The molecule has 2 heterocycles. The van der Waals surface area contributed by atoms with Crippen LogP contribution < -0.4 is 4.74 Å². The van der Waals surface area contributed by atoms with Crippen LogP contribution in [0.25, 0.3) is 5.52 Å². The lowest BCUT2D eigenvalue weighted by atomic mass is 10.4. The average molecular weight is 221 g/mol. The third kappa shape index (κ3) is 1.81. The first-order chi connectivity index (χ1) is 7.58. The van der Waals surface area contributed by atoms with Gasteiger partial charge in [0.25, 0.3) is 0 Å². The number of nitrogens with zero attached hydrogens (tertiary/aromatic N) is 3. The molecular weight excluding hydrogens is 210 g/mol. The number of carbonyl (C=O) groups is 1. The van der Waals surface area contributed by atoms with Crippen LogP contribution in [0.1, 0.15) is 12.6 Å². The number of ether oxygens (including phenoxy) is 1. The van der Waals surface area contributed by atoms with Crippen LogP contribution in [0.3, 0.4) is 0 Å². The molecule has 1 unspecified atom stereocenters. The van der Waals surface area contributed by atoms with Crippen LogP contribution in [0.4, 0.5) is 0 Å². The molecule has 0 amide bonds. The quantitative estimate of drug-likeness (QED) is 0.832. The summed E-state index contributed by atoms with van der Waals surface area (Å²) in [6, 6.07) is 1.79. The zero-order chi connectivity index (χ0) is 11.7. The highest BCUT2D eigenvalue weighted by Crippen LogP contribution is 2.18. The molecule has 0 aliphatic heterocycles. The Morgan fingerprint density at radius 2 is 2.38 bits per heavy atom. The standard InChI is InChI=1S/C10H11N3O3/c1-6-5-8-9(16-7(2)10(14)15)11-3-4-13(8)12-6/h3-5,7H,1-2H3,(H,14,15). The summed E-state index contributed by atoms with van der Waals surface area (Å²) < 4.78 is 6.83. The van der Waals surface area contributed by atoms with Gasteiger partial charge in [-0.15, -0.1) is 0 Å². The molecule has 0 radical (unpaired) electrons. The minimum absolute atomic E-state index is 0.276. The van der Waals surface area contributed by atoms with Crippen LogP contribution in [0.2, 0.25) is 0 Å². The Morgan fingerprint density at radius 1 is 1.62 bits per heavy atom. The molecule has 0 bridgehead atoms. The number of rotatable bonds is 3. The smallest absolute Gasteiger partial charge is 0.344 e. The van der Waals surface area contributed by atoms with E-state index in [1.54, 1.807) is 16.8 Å².